The molecule has 0 saturated carbocycles. The highest BCUT2D eigenvalue weighted by atomic mass is 16.5. The molecule has 0 aliphatic carbocycles. The van der Waals surface area contributed by atoms with E-state index >= 15 is 0 Å². The summed E-state index contributed by atoms with van der Waals surface area (Å²) in [6, 6.07) is 8.86. The van der Waals surface area contributed by atoms with Crippen LogP contribution in [0.2, 0.25) is 0 Å². The Bertz CT molecular complexity index is 520. The van der Waals surface area contributed by atoms with Crippen LogP contribution in [0.15, 0.2) is 30.3 Å². The molecule has 0 bridgehead atoms. The largest absolute Gasteiger partial charge is 0.439 e. The molecule has 88 valence electrons. The zero-order chi connectivity index (χ0) is 12.3. The van der Waals surface area contributed by atoms with Gasteiger partial charge in [-0.2, -0.15) is 5.10 Å². The second-order valence-electron chi connectivity index (χ2n) is 3.63. The molecule has 2 rings (SSSR count). The third-order valence-corrected chi connectivity index (χ3v) is 2.29. The minimum atomic E-state index is -0.363. The molecule has 1 heterocycles. The number of benzene rings is 1. The predicted octanol–water partition coefficient (Wildman–Crippen LogP) is 1.71. The smallest absolute Gasteiger partial charge is 0.339 e. The third-order valence-electron chi connectivity index (χ3n) is 2.29. The van der Waals surface area contributed by atoms with E-state index in [9.17, 15) is 4.79 Å². The van der Waals surface area contributed by atoms with Crippen LogP contribution in [-0.4, -0.2) is 20.7 Å². The zero-order valence-corrected chi connectivity index (χ0v) is 9.75. The number of ether oxygens (including phenoxy) is 1. The highest BCUT2D eigenvalue weighted by molar-refractivity contribution is 5.89. The number of hydrogen-bond donors (Lipinski definition) is 0. The molecule has 5 nitrogen and oxygen atoms in total. The van der Waals surface area contributed by atoms with Gasteiger partial charge in [-0.1, -0.05) is 18.2 Å². The monoisotopic (exact) mass is 231 g/mol. The average molecular weight is 231 g/mol. The molecule has 5 heteroatoms. The molecule has 17 heavy (non-hydrogen) atoms. The van der Waals surface area contributed by atoms with Gasteiger partial charge in [-0.05, 0) is 26.0 Å². The second kappa shape index (κ2) is 4.78. The Morgan fingerprint density at radius 3 is 2.59 bits per heavy atom. The van der Waals surface area contributed by atoms with Gasteiger partial charge in [0.1, 0.15) is 11.6 Å². The fraction of sp³-hybridized carbons (Fsp3) is 0.250. The summed E-state index contributed by atoms with van der Waals surface area (Å²) in [5.41, 5.74) is 0.530. The molecule has 0 atom stereocenters. The fourth-order valence-electron chi connectivity index (χ4n) is 1.46. The Hall–Kier alpha value is -2.17. The molecule has 1 aromatic heterocycles. The third kappa shape index (κ3) is 2.69. The molecule has 0 aliphatic rings. The van der Waals surface area contributed by atoms with E-state index in [1.165, 1.54) is 0 Å². The van der Waals surface area contributed by atoms with Crippen molar-refractivity contribution >= 4 is 5.97 Å². The number of aryl methyl sites for hydroxylation is 2. The van der Waals surface area contributed by atoms with Crippen LogP contribution < -0.4 is 0 Å². The van der Waals surface area contributed by atoms with Gasteiger partial charge in [0.15, 0.2) is 6.73 Å². The van der Waals surface area contributed by atoms with Gasteiger partial charge in [-0.25, -0.2) is 14.5 Å². The molecule has 0 aliphatic heterocycles. The SMILES string of the molecule is Cc1nc(C)n(COC(=O)c2ccccc2)n1. The molecule has 0 fully saturated rings. The maximum absolute atomic E-state index is 11.7. The Labute approximate surface area is 99.1 Å². The van der Waals surface area contributed by atoms with Crippen molar-refractivity contribution in [3.63, 3.8) is 0 Å². The summed E-state index contributed by atoms with van der Waals surface area (Å²) >= 11 is 0. The number of carbonyl (C=O) groups excluding carboxylic acids is 1. The predicted molar refractivity (Wildman–Crippen MR) is 61.4 cm³/mol. The number of esters is 1. The lowest BCUT2D eigenvalue weighted by molar-refractivity contribution is 0.0345. The van der Waals surface area contributed by atoms with E-state index in [4.69, 9.17) is 4.74 Å². The number of aromatic nitrogens is 3. The van der Waals surface area contributed by atoms with Crippen LogP contribution in [0.4, 0.5) is 0 Å². The lowest BCUT2D eigenvalue weighted by Gasteiger charge is -2.05. The van der Waals surface area contributed by atoms with Crippen LogP contribution in [-0.2, 0) is 11.5 Å². The summed E-state index contributed by atoms with van der Waals surface area (Å²) in [6.07, 6.45) is 0. The van der Waals surface area contributed by atoms with Gasteiger partial charge in [0.2, 0.25) is 0 Å². The van der Waals surface area contributed by atoms with Crippen molar-refractivity contribution in [1.29, 1.82) is 0 Å². The van der Waals surface area contributed by atoms with E-state index in [1.807, 2.05) is 13.0 Å². The Kier molecular flexibility index (Phi) is 3.18. The zero-order valence-electron chi connectivity index (χ0n) is 9.75. The molecule has 0 unspecified atom stereocenters. The highest BCUT2D eigenvalue weighted by Crippen LogP contribution is 2.03. The maximum Gasteiger partial charge on any atom is 0.339 e. The van der Waals surface area contributed by atoms with Gasteiger partial charge in [0, 0.05) is 0 Å². The van der Waals surface area contributed by atoms with Crippen molar-refractivity contribution in [2.45, 2.75) is 20.6 Å². The minimum Gasteiger partial charge on any atom is -0.439 e. The Morgan fingerprint density at radius 2 is 2.00 bits per heavy atom. The summed E-state index contributed by atoms with van der Waals surface area (Å²) in [5.74, 6) is 1.03. The number of rotatable bonds is 3. The van der Waals surface area contributed by atoms with E-state index in [0.29, 0.717) is 11.4 Å². The van der Waals surface area contributed by atoms with E-state index in [2.05, 4.69) is 10.1 Å². The minimum absolute atomic E-state index is 0.0837. The molecule has 2 aromatic rings. The first-order valence-corrected chi connectivity index (χ1v) is 5.27. The van der Waals surface area contributed by atoms with E-state index in [-0.39, 0.29) is 12.7 Å². The first-order chi connectivity index (χ1) is 8.16. The van der Waals surface area contributed by atoms with E-state index < -0.39 is 0 Å². The van der Waals surface area contributed by atoms with Crippen molar-refractivity contribution in [2.24, 2.45) is 0 Å². The Morgan fingerprint density at radius 1 is 1.29 bits per heavy atom. The van der Waals surface area contributed by atoms with Crippen molar-refractivity contribution in [2.75, 3.05) is 0 Å². The van der Waals surface area contributed by atoms with Gasteiger partial charge in [-0.15, -0.1) is 0 Å². The molecular weight excluding hydrogens is 218 g/mol. The molecule has 1 aromatic carbocycles. The fourth-order valence-corrected chi connectivity index (χ4v) is 1.46. The summed E-state index contributed by atoms with van der Waals surface area (Å²) in [5, 5.41) is 4.10. The summed E-state index contributed by atoms with van der Waals surface area (Å²) in [7, 11) is 0. The lowest BCUT2D eigenvalue weighted by atomic mass is 10.2. The molecule has 0 amide bonds. The van der Waals surface area contributed by atoms with Crippen LogP contribution in [0.25, 0.3) is 0 Å². The molecule has 0 radical (unpaired) electrons. The van der Waals surface area contributed by atoms with Crippen molar-refractivity contribution in [3.05, 3.63) is 47.5 Å². The maximum atomic E-state index is 11.7. The van der Waals surface area contributed by atoms with Crippen LogP contribution in [0, 0.1) is 13.8 Å². The topological polar surface area (TPSA) is 57.0 Å². The first kappa shape index (κ1) is 11.3. The number of carbonyl (C=O) groups is 1. The van der Waals surface area contributed by atoms with Crippen molar-refractivity contribution in [1.82, 2.24) is 14.8 Å². The van der Waals surface area contributed by atoms with Crippen LogP contribution in [0.1, 0.15) is 22.0 Å². The average Bonchev–Trinajstić information content (AvgIpc) is 2.66. The van der Waals surface area contributed by atoms with Crippen LogP contribution >= 0.6 is 0 Å². The quantitative estimate of drug-likeness (QED) is 0.754. The van der Waals surface area contributed by atoms with Gasteiger partial charge in [-0.3, -0.25) is 0 Å². The standard InChI is InChI=1S/C12H13N3O2/c1-9-13-10(2)15(14-9)8-17-12(16)11-6-4-3-5-7-11/h3-7H,8H2,1-2H3. The van der Waals surface area contributed by atoms with Crippen LogP contribution in [0.5, 0.6) is 0 Å². The van der Waals surface area contributed by atoms with Gasteiger partial charge >= 0.3 is 5.97 Å². The lowest BCUT2D eigenvalue weighted by Crippen LogP contribution is -2.12. The second-order valence-corrected chi connectivity index (χ2v) is 3.63. The summed E-state index contributed by atoms with van der Waals surface area (Å²) < 4.78 is 6.68. The van der Waals surface area contributed by atoms with Gasteiger partial charge in [0.05, 0.1) is 5.56 Å². The number of hydrogen-bond acceptors (Lipinski definition) is 4. The van der Waals surface area contributed by atoms with Gasteiger partial charge in [0.25, 0.3) is 0 Å². The summed E-state index contributed by atoms with van der Waals surface area (Å²) in [4.78, 5) is 15.8. The van der Waals surface area contributed by atoms with Crippen molar-refractivity contribution < 1.29 is 9.53 Å². The van der Waals surface area contributed by atoms with Crippen molar-refractivity contribution in [3.8, 4) is 0 Å². The highest BCUT2D eigenvalue weighted by Gasteiger charge is 2.08. The number of nitrogens with zero attached hydrogens (tertiary/aromatic N) is 3. The van der Waals surface area contributed by atoms with Gasteiger partial charge < -0.3 is 4.74 Å². The molecular formula is C12H13N3O2. The summed E-state index contributed by atoms with van der Waals surface area (Å²) in [6.45, 7) is 3.69. The van der Waals surface area contributed by atoms with E-state index in [0.717, 1.165) is 5.82 Å². The van der Waals surface area contributed by atoms with E-state index in [1.54, 1.807) is 35.9 Å². The molecule has 0 N–H and O–H groups in total. The molecule has 0 saturated heterocycles. The first-order valence-electron chi connectivity index (χ1n) is 5.27. The molecule has 0 spiro atoms. The Balaban J connectivity index is 1.99. The normalized spacial score (nSPS) is 10.2. The van der Waals surface area contributed by atoms with Crippen LogP contribution in [0.3, 0.4) is 0 Å².